The molecular weight excluding hydrogens is 256 g/mol. The van der Waals surface area contributed by atoms with E-state index >= 15 is 0 Å². The Hall–Kier alpha value is -2.56. The lowest BCUT2D eigenvalue weighted by Gasteiger charge is -2.20. The standard InChI is InChI=1S/C15H12N2O3/c18-14-11-5-1-3-9-4-2-6-12(13(9)11)17(14)8-10-7-16-15(19)20-10/h1-6,10H,7-8H2,(H,16,19). The van der Waals surface area contributed by atoms with Gasteiger partial charge >= 0.3 is 6.09 Å². The molecule has 0 radical (unpaired) electrons. The molecule has 2 aliphatic rings. The normalized spacial score (nSPS) is 20.4. The summed E-state index contributed by atoms with van der Waals surface area (Å²) in [6, 6.07) is 11.6. The first kappa shape index (κ1) is 11.3. The SMILES string of the molecule is O=C1NCC(CN2C(=O)c3cccc4cccc2c34)O1. The quantitative estimate of drug-likeness (QED) is 0.905. The maximum Gasteiger partial charge on any atom is 0.407 e. The molecule has 2 amide bonds. The summed E-state index contributed by atoms with van der Waals surface area (Å²) in [5.74, 6) is -0.0280. The Labute approximate surface area is 115 Å². The highest BCUT2D eigenvalue weighted by molar-refractivity contribution is 6.25. The van der Waals surface area contributed by atoms with E-state index in [0.29, 0.717) is 13.1 Å². The number of rotatable bonds is 2. The zero-order valence-electron chi connectivity index (χ0n) is 10.6. The van der Waals surface area contributed by atoms with Gasteiger partial charge in [-0.3, -0.25) is 4.79 Å². The van der Waals surface area contributed by atoms with Crippen molar-refractivity contribution in [3.8, 4) is 0 Å². The van der Waals surface area contributed by atoms with Crippen LogP contribution in [-0.4, -0.2) is 31.2 Å². The number of alkyl carbamates (subject to hydrolysis) is 1. The topological polar surface area (TPSA) is 58.6 Å². The Morgan fingerprint density at radius 3 is 2.75 bits per heavy atom. The van der Waals surface area contributed by atoms with Crippen LogP contribution in [0.3, 0.4) is 0 Å². The largest absolute Gasteiger partial charge is 0.442 e. The minimum atomic E-state index is -0.419. The fourth-order valence-electron chi connectivity index (χ4n) is 2.90. The first-order valence-electron chi connectivity index (χ1n) is 6.52. The number of anilines is 1. The molecule has 100 valence electrons. The number of nitrogens with zero attached hydrogens (tertiary/aromatic N) is 1. The molecule has 1 fully saturated rings. The van der Waals surface area contributed by atoms with Gasteiger partial charge in [-0.25, -0.2) is 4.79 Å². The van der Waals surface area contributed by atoms with Crippen LogP contribution in [0, 0.1) is 0 Å². The maximum atomic E-state index is 12.5. The van der Waals surface area contributed by atoms with Crippen molar-refractivity contribution in [1.82, 2.24) is 5.32 Å². The van der Waals surface area contributed by atoms with Gasteiger partial charge in [-0.2, -0.15) is 0 Å². The molecule has 0 aromatic heterocycles. The van der Waals surface area contributed by atoms with Crippen molar-refractivity contribution in [2.24, 2.45) is 0 Å². The van der Waals surface area contributed by atoms with Crippen LogP contribution < -0.4 is 10.2 Å². The van der Waals surface area contributed by atoms with E-state index in [0.717, 1.165) is 22.0 Å². The molecule has 20 heavy (non-hydrogen) atoms. The van der Waals surface area contributed by atoms with Crippen molar-refractivity contribution in [3.63, 3.8) is 0 Å². The van der Waals surface area contributed by atoms with E-state index < -0.39 is 6.09 Å². The highest BCUT2D eigenvalue weighted by atomic mass is 16.6. The number of amides is 2. The number of nitrogens with one attached hydrogen (secondary N) is 1. The molecule has 1 saturated heterocycles. The van der Waals surface area contributed by atoms with Crippen molar-refractivity contribution < 1.29 is 14.3 Å². The van der Waals surface area contributed by atoms with Gasteiger partial charge in [0, 0.05) is 10.9 Å². The van der Waals surface area contributed by atoms with E-state index in [4.69, 9.17) is 4.74 Å². The monoisotopic (exact) mass is 268 g/mol. The molecule has 1 atom stereocenters. The second kappa shape index (κ2) is 3.96. The first-order valence-corrected chi connectivity index (χ1v) is 6.52. The lowest BCUT2D eigenvalue weighted by molar-refractivity contribution is 0.0968. The molecule has 0 bridgehead atoms. The summed E-state index contributed by atoms with van der Waals surface area (Å²) in [7, 11) is 0. The summed E-state index contributed by atoms with van der Waals surface area (Å²) in [5, 5.41) is 4.64. The Morgan fingerprint density at radius 1 is 1.20 bits per heavy atom. The van der Waals surface area contributed by atoms with E-state index in [1.54, 1.807) is 4.90 Å². The molecule has 2 aromatic carbocycles. The minimum absolute atomic E-state index is 0.0280. The molecule has 2 heterocycles. The van der Waals surface area contributed by atoms with Gasteiger partial charge in [-0.15, -0.1) is 0 Å². The number of ether oxygens (including phenoxy) is 1. The van der Waals surface area contributed by atoms with E-state index in [1.165, 1.54) is 0 Å². The lowest BCUT2D eigenvalue weighted by atomic mass is 10.1. The number of cyclic esters (lactones) is 1. The smallest absolute Gasteiger partial charge is 0.407 e. The summed E-state index contributed by atoms with van der Waals surface area (Å²) in [6.45, 7) is 0.820. The van der Waals surface area contributed by atoms with Crippen LogP contribution in [0.1, 0.15) is 10.4 Å². The number of hydrogen-bond donors (Lipinski definition) is 1. The number of benzene rings is 2. The summed E-state index contributed by atoms with van der Waals surface area (Å²) < 4.78 is 5.12. The third-order valence-electron chi connectivity index (χ3n) is 3.78. The predicted molar refractivity (Wildman–Crippen MR) is 73.9 cm³/mol. The van der Waals surface area contributed by atoms with Gasteiger partial charge in [0.25, 0.3) is 5.91 Å². The van der Waals surface area contributed by atoms with Crippen molar-refractivity contribution in [2.45, 2.75) is 6.10 Å². The second-order valence-electron chi connectivity index (χ2n) is 5.00. The molecule has 2 aromatic rings. The van der Waals surface area contributed by atoms with Gasteiger partial charge in [0.2, 0.25) is 0 Å². The summed E-state index contributed by atoms with van der Waals surface area (Å²) in [5.41, 5.74) is 1.61. The van der Waals surface area contributed by atoms with Gasteiger partial charge in [-0.1, -0.05) is 24.3 Å². The second-order valence-corrected chi connectivity index (χ2v) is 5.00. The van der Waals surface area contributed by atoms with Crippen LogP contribution in [0.5, 0.6) is 0 Å². The van der Waals surface area contributed by atoms with Gasteiger partial charge < -0.3 is 15.0 Å². The summed E-state index contributed by atoms with van der Waals surface area (Å²) >= 11 is 0. The highest BCUT2D eigenvalue weighted by Crippen LogP contribution is 2.37. The molecule has 1 N–H and O–H groups in total. The van der Waals surface area contributed by atoms with E-state index in [-0.39, 0.29) is 12.0 Å². The van der Waals surface area contributed by atoms with Gasteiger partial charge in [0.15, 0.2) is 0 Å². The molecule has 0 saturated carbocycles. The van der Waals surface area contributed by atoms with Crippen LogP contribution in [0.4, 0.5) is 10.5 Å². The summed E-state index contributed by atoms with van der Waals surface area (Å²) in [6.07, 6.45) is -0.714. The lowest BCUT2D eigenvalue weighted by Crippen LogP contribution is -2.36. The Morgan fingerprint density at radius 2 is 2.00 bits per heavy atom. The molecular formula is C15H12N2O3. The van der Waals surface area contributed by atoms with Gasteiger partial charge in [0.05, 0.1) is 18.8 Å². The Kier molecular flexibility index (Phi) is 2.24. The highest BCUT2D eigenvalue weighted by Gasteiger charge is 2.33. The average Bonchev–Trinajstić information content (AvgIpc) is 2.98. The fraction of sp³-hybridized carbons (Fsp3) is 0.200. The minimum Gasteiger partial charge on any atom is -0.442 e. The number of carbonyl (C=O) groups is 2. The molecule has 5 heteroatoms. The van der Waals surface area contributed by atoms with Crippen LogP contribution in [0.25, 0.3) is 10.8 Å². The van der Waals surface area contributed by atoms with Crippen molar-refractivity contribution >= 4 is 28.5 Å². The summed E-state index contributed by atoms with van der Waals surface area (Å²) in [4.78, 5) is 25.3. The Bertz CT molecular complexity index is 736. The van der Waals surface area contributed by atoms with Crippen LogP contribution in [0.2, 0.25) is 0 Å². The number of hydrogen-bond acceptors (Lipinski definition) is 3. The number of carbonyl (C=O) groups excluding carboxylic acids is 2. The molecule has 4 rings (SSSR count). The van der Waals surface area contributed by atoms with E-state index in [9.17, 15) is 9.59 Å². The molecule has 0 spiro atoms. The van der Waals surface area contributed by atoms with Crippen molar-refractivity contribution in [2.75, 3.05) is 18.0 Å². The average molecular weight is 268 g/mol. The molecule has 5 nitrogen and oxygen atoms in total. The third kappa shape index (κ3) is 1.49. The zero-order chi connectivity index (χ0) is 13.7. The zero-order valence-corrected chi connectivity index (χ0v) is 10.6. The fourth-order valence-corrected chi connectivity index (χ4v) is 2.90. The van der Waals surface area contributed by atoms with Crippen molar-refractivity contribution in [3.05, 3.63) is 42.0 Å². The Balaban J connectivity index is 1.75. The maximum absolute atomic E-state index is 12.5. The third-order valence-corrected chi connectivity index (χ3v) is 3.78. The predicted octanol–water partition coefficient (Wildman–Crippen LogP) is 1.91. The van der Waals surface area contributed by atoms with Gasteiger partial charge in [-0.05, 0) is 17.5 Å². The molecule has 1 unspecified atom stereocenters. The van der Waals surface area contributed by atoms with E-state index in [1.807, 2.05) is 36.4 Å². The molecule has 0 aliphatic carbocycles. The van der Waals surface area contributed by atoms with Gasteiger partial charge in [0.1, 0.15) is 6.10 Å². The van der Waals surface area contributed by atoms with E-state index in [2.05, 4.69) is 5.32 Å². The van der Waals surface area contributed by atoms with Crippen LogP contribution in [0.15, 0.2) is 36.4 Å². The first-order chi connectivity index (χ1) is 9.74. The van der Waals surface area contributed by atoms with Crippen molar-refractivity contribution in [1.29, 1.82) is 0 Å². The molecule has 2 aliphatic heterocycles. The van der Waals surface area contributed by atoms with Crippen LogP contribution in [-0.2, 0) is 4.74 Å². The van der Waals surface area contributed by atoms with Crippen LogP contribution >= 0.6 is 0 Å².